The van der Waals surface area contributed by atoms with Crippen LogP contribution in [-0.4, -0.2) is 15.5 Å². The molecule has 5 nitrogen and oxygen atoms in total. The van der Waals surface area contributed by atoms with Crippen molar-refractivity contribution >= 4 is 32.7 Å². The lowest BCUT2D eigenvalue weighted by molar-refractivity contribution is -0.121. The van der Waals surface area contributed by atoms with Crippen molar-refractivity contribution in [3.63, 3.8) is 0 Å². The molecule has 1 atom stereocenters. The fourth-order valence-electron chi connectivity index (χ4n) is 2.98. The van der Waals surface area contributed by atoms with E-state index in [1.165, 1.54) is 10.9 Å². The van der Waals surface area contributed by atoms with Gasteiger partial charge in [-0.15, -0.1) is 0 Å². The van der Waals surface area contributed by atoms with Gasteiger partial charge < -0.3 is 5.32 Å². The molecule has 0 aliphatic rings. The van der Waals surface area contributed by atoms with Crippen LogP contribution < -0.4 is 10.9 Å². The molecule has 3 rings (SSSR count). The van der Waals surface area contributed by atoms with E-state index < -0.39 is 0 Å². The molecule has 1 heterocycles. The summed E-state index contributed by atoms with van der Waals surface area (Å²) in [6.45, 7) is 4.28. The van der Waals surface area contributed by atoms with Crippen molar-refractivity contribution in [2.75, 3.05) is 0 Å². The molecule has 0 saturated heterocycles. The van der Waals surface area contributed by atoms with Crippen molar-refractivity contribution < 1.29 is 4.79 Å². The van der Waals surface area contributed by atoms with Crippen molar-refractivity contribution in [1.82, 2.24) is 14.9 Å². The second kappa shape index (κ2) is 7.83. The first-order chi connectivity index (χ1) is 12.5. The van der Waals surface area contributed by atoms with Crippen molar-refractivity contribution in [3.05, 3.63) is 74.7 Å². The number of nitrogens with zero attached hydrogens (tertiary/aromatic N) is 2. The van der Waals surface area contributed by atoms with E-state index >= 15 is 0 Å². The van der Waals surface area contributed by atoms with Gasteiger partial charge in [0.05, 0.1) is 23.3 Å². The highest BCUT2D eigenvalue weighted by Crippen LogP contribution is 2.17. The number of nitrogens with one attached hydrogen (secondary N) is 1. The lowest BCUT2D eigenvalue weighted by atomic mass is 10.0. The highest BCUT2D eigenvalue weighted by Gasteiger charge is 2.12. The highest BCUT2D eigenvalue weighted by molar-refractivity contribution is 9.10. The van der Waals surface area contributed by atoms with Gasteiger partial charge in [0, 0.05) is 17.4 Å². The molecule has 1 aromatic heterocycles. The molecule has 6 heteroatoms. The molecule has 0 spiro atoms. The Morgan fingerprint density at radius 2 is 2.04 bits per heavy atom. The second-order valence-corrected chi connectivity index (χ2v) is 7.22. The maximum atomic E-state index is 12.6. The number of amides is 1. The molecule has 134 valence electrons. The van der Waals surface area contributed by atoms with Gasteiger partial charge in [-0.25, -0.2) is 4.98 Å². The number of halogens is 1. The molecule has 1 N–H and O–H groups in total. The van der Waals surface area contributed by atoms with Gasteiger partial charge in [-0.2, -0.15) is 0 Å². The zero-order valence-corrected chi connectivity index (χ0v) is 16.3. The first-order valence-corrected chi connectivity index (χ1v) is 9.24. The molecular weight excluding hydrogens is 394 g/mol. The topological polar surface area (TPSA) is 64.0 Å². The maximum absolute atomic E-state index is 12.6. The van der Waals surface area contributed by atoms with Gasteiger partial charge >= 0.3 is 0 Å². The number of aromatic nitrogens is 2. The largest absolute Gasteiger partial charge is 0.350 e. The van der Waals surface area contributed by atoms with E-state index in [-0.39, 0.29) is 23.9 Å². The SMILES string of the molecule is Cc1ccccc1[C@H](C)NC(=O)CCn1cnc2ccc(Br)cc2c1=O. The summed E-state index contributed by atoms with van der Waals surface area (Å²) < 4.78 is 2.30. The number of hydrogen-bond acceptors (Lipinski definition) is 3. The Morgan fingerprint density at radius 3 is 2.81 bits per heavy atom. The Bertz CT molecular complexity index is 1010. The summed E-state index contributed by atoms with van der Waals surface area (Å²) in [5.41, 5.74) is 2.74. The lowest BCUT2D eigenvalue weighted by Crippen LogP contribution is -2.29. The Kier molecular flexibility index (Phi) is 5.52. The maximum Gasteiger partial charge on any atom is 0.261 e. The predicted molar refractivity (Wildman–Crippen MR) is 106 cm³/mol. The third-order valence-electron chi connectivity index (χ3n) is 4.40. The van der Waals surface area contributed by atoms with Crippen LogP contribution in [0.4, 0.5) is 0 Å². The highest BCUT2D eigenvalue weighted by atomic mass is 79.9. The molecule has 2 aromatic carbocycles. The van der Waals surface area contributed by atoms with Gasteiger partial charge in [0.2, 0.25) is 5.91 Å². The number of carbonyl (C=O) groups is 1. The number of rotatable bonds is 5. The Labute approximate surface area is 160 Å². The summed E-state index contributed by atoms with van der Waals surface area (Å²) in [4.78, 5) is 29.1. The minimum Gasteiger partial charge on any atom is -0.350 e. The van der Waals surface area contributed by atoms with E-state index in [2.05, 4.69) is 26.2 Å². The van der Waals surface area contributed by atoms with E-state index in [1.54, 1.807) is 12.1 Å². The van der Waals surface area contributed by atoms with E-state index in [9.17, 15) is 9.59 Å². The lowest BCUT2D eigenvalue weighted by Gasteiger charge is -2.16. The van der Waals surface area contributed by atoms with E-state index in [4.69, 9.17) is 0 Å². The minimum atomic E-state index is -0.143. The van der Waals surface area contributed by atoms with Crippen molar-refractivity contribution in [1.29, 1.82) is 0 Å². The molecule has 0 aliphatic heterocycles. The quantitative estimate of drug-likeness (QED) is 0.692. The number of aryl methyl sites for hydroxylation is 2. The molecule has 1 amide bonds. The molecule has 0 unspecified atom stereocenters. The van der Waals surface area contributed by atoms with Crippen molar-refractivity contribution in [2.45, 2.75) is 32.9 Å². The van der Waals surface area contributed by atoms with E-state index in [0.717, 1.165) is 15.6 Å². The molecule has 0 fully saturated rings. The van der Waals surface area contributed by atoms with Crippen LogP contribution in [0.15, 0.2) is 58.1 Å². The molecule has 0 aliphatic carbocycles. The van der Waals surface area contributed by atoms with E-state index in [1.807, 2.05) is 44.2 Å². The van der Waals surface area contributed by atoms with E-state index in [0.29, 0.717) is 17.4 Å². The molecule has 0 radical (unpaired) electrons. The van der Waals surface area contributed by atoms with Gasteiger partial charge in [0.15, 0.2) is 0 Å². The van der Waals surface area contributed by atoms with Crippen LogP contribution in [0.25, 0.3) is 10.9 Å². The molecule has 26 heavy (non-hydrogen) atoms. The average molecular weight is 414 g/mol. The predicted octanol–water partition coefficient (Wildman–Crippen LogP) is 3.73. The second-order valence-electron chi connectivity index (χ2n) is 6.30. The first kappa shape index (κ1) is 18.3. The fraction of sp³-hybridized carbons (Fsp3) is 0.250. The fourth-order valence-corrected chi connectivity index (χ4v) is 3.34. The molecule has 0 saturated carbocycles. The van der Waals surface area contributed by atoms with Crippen LogP contribution in [0.5, 0.6) is 0 Å². The Hall–Kier alpha value is -2.47. The summed E-state index contributed by atoms with van der Waals surface area (Å²) in [6.07, 6.45) is 1.72. The van der Waals surface area contributed by atoms with Crippen LogP contribution in [0.1, 0.15) is 30.5 Å². The summed E-state index contributed by atoms with van der Waals surface area (Å²) in [6, 6.07) is 13.3. The van der Waals surface area contributed by atoms with Crippen LogP contribution in [-0.2, 0) is 11.3 Å². The van der Waals surface area contributed by atoms with Crippen molar-refractivity contribution in [3.8, 4) is 0 Å². The number of hydrogen-bond donors (Lipinski definition) is 1. The van der Waals surface area contributed by atoms with Crippen LogP contribution in [0, 0.1) is 6.92 Å². The number of benzene rings is 2. The third-order valence-corrected chi connectivity index (χ3v) is 4.89. The summed E-state index contributed by atoms with van der Waals surface area (Å²) in [5, 5.41) is 3.53. The summed E-state index contributed by atoms with van der Waals surface area (Å²) in [5.74, 6) is -0.0954. The monoisotopic (exact) mass is 413 g/mol. The number of fused-ring (bicyclic) bond motifs is 1. The van der Waals surface area contributed by atoms with Crippen LogP contribution in [0.2, 0.25) is 0 Å². The van der Waals surface area contributed by atoms with Gasteiger partial charge in [0.25, 0.3) is 5.56 Å². The van der Waals surface area contributed by atoms with Gasteiger partial charge in [-0.05, 0) is 43.2 Å². The minimum absolute atomic E-state index is 0.0777. The van der Waals surface area contributed by atoms with Gasteiger partial charge in [-0.3, -0.25) is 14.2 Å². The smallest absolute Gasteiger partial charge is 0.261 e. The van der Waals surface area contributed by atoms with Gasteiger partial charge in [0.1, 0.15) is 0 Å². The standard InChI is InChI=1S/C20H20BrN3O2/c1-13-5-3-4-6-16(13)14(2)23-19(25)9-10-24-12-22-18-8-7-15(21)11-17(18)20(24)26/h3-8,11-12,14H,9-10H2,1-2H3,(H,23,25)/t14-/m0/s1. The Morgan fingerprint density at radius 1 is 1.27 bits per heavy atom. The van der Waals surface area contributed by atoms with Crippen LogP contribution >= 0.6 is 15.9 Å². The average Bonchev–Trinajstić information content (AvgIpc) is 2.62. The zero-order chi connectivity index (χ0) is 18.7. The zero-order valence-electron chi connectivity index (χ0n) is 14.7. The summed E-state index contributed by atoms with van der Waals surface area (Å²) in [7, 11) is 0. The summed E-state index contributed by atoms with van der Waals surface area (Å²) >= 11 is 3.37. The Balaban J connectivity index is 1.68. The normalized spacial score (nSPS) is 12.1. The molecule has 0 bridgehead atoms. The number of carbonyl (C=O) groups excluding carboxylic acids is 1. The van der Waals surface area contributed by atoms with Gasteiger partial charge in [-0.1, -0.05) is 40.2 Å². The van der Waals surface area contributed by atoms with Crippen LogP contribution in [0.3, 0.4) is 0 Å². The van der Waals surface area contributed by atoms with Crippen molar-refractivity contribution in [2.24, 2.45) is 0 Å². The molecular formula is C20H20BrN3O2. The third kappa shape index (κ3) is 4.02. The molecule has 3 aromatic rings. The first-order valence-electron chi connectivity index (χ1n) is 8.45.